The summed E-state index contributed by atoms with van der Waals surface area (Å²) in [5.74, 6) is 2.06. The minimum atomic E-state index is -0.245. The summed E-state index contributed by atoms with van der Waals surface area (Å²) in [6.45, 7) is 4.16. The lowest BCUT2D eigenvalue weighted by molar-refractivity contribution is -0.123. The van der Waals surface area contributed by atoms with Crippen molar-refractivity contribution in [1.29, 1.82) is 0 Å². The van der Waals surface area contributed by atoms with Crippen molar-refractivity contribution in [3.8, 4) is 17.2 Å². The van der Waals surface area contributed by atoms with E-state index < -0.39 is 0 Å². The average Bonchev–Trinajstić information content (AvgIpc) is 3.38. The first-order valence-corrected chi connectivity index (χ1v) is 9.76. The molecule has 1 amide bonds. The van der Waals surface area contributed by atoms with E-state index in [1.165, 1.54) is 0 Å². The van der Waals surface area contributed by atoms with Gasteiger partial charge in [-0.15, -0.1) is 10.2 Å². The topological polar surface area (TPSA) is 107 Å². The van der Waals surface area contributed by atoms with Crippen LogP contribution in [0.1, 0.15) is 30.6 Å². The van der Waals surface area contributed by atoms with E-state index in [1.807, 2.05) is 49.5 Å². The first-order chi connectivity index (χ1) is 14.6. The Balaban J connectivity index is 1.43. The molecule has 0 atom stereocenters. The summed E-state index contributed by atoms with van der Waals surface area (Å²) in [6.07, 6.45) is 3.51. The molecule has 0 saturated heterocycles. The minimum absolute atomic E-state index is 0.0758. The third-order valence-electron chi connectivity index (χ3n) is 4.48. The van der Waals surface area contributed by atoms with E-state index in [9.17, 15) is 4.79 Å². The Morgan fingerprint density at radius 1 is 1.23 bits per heavy atom. The molecule has 1 N–H and O–H groups in total. The smallest absolute Gasteiger partial charge is 0.261 e. The molecule has 0 aliphatic carbocycles. The Kier molecular flexibility index (Phi) is 5.69. The van der Waals surface area contributed by atoms with Gasteiger partial charge in [-0.2, -0.15) is 4.98 Å². The highest BCUT2D eigenvalue weighted by Crippen LogP contribution is 2.22. The van der Waals surface area contributed by atoms with E-state index in [1.54, 1.807) is 4.40 Å². The molecule has 0 radical (unpaired) electrons. The van der Waals surface area contributed by atoms with Crippen LogP contribution in [0.2, 0.25) is 0 Å². The number of carbonyl (C=O) groups excluding carboxylic acids is 1. The van der Waals surface area contributed by atoms with Crippen molar-refractivity contribution in [2.45, 2.75) is 33.2 Å². The maximum atomic E-state index is 12.2. The van der Waals surface area contributed by atoms with Crippen LogP contribution in [0.25, 0.3) is 17.1 Å². The highest BCUT2D eigenvalue weighted by Gasteiger charge is 2.16. The van der Waals surface area contributed by atoms with Crippen molar-refractivity contribution >= 4 is 11.6 Å². The number of hydrogen-bond donors (Lipinski definition) is 1. The fourth-order valence-corrected chi connectivity index (χ4v) is 3.02. The molecule has 30 heavy (non-hydrogen) atoms. The SMILES string of the molecule is CCCc1noc(-c2cccn3c(CNC(=O)COc4cccc(C)c4)nnc23)n1. The quantitative estimate of drug-likeness (QED) is 0.479. The van der Waals surface area contributed by atoms with E-state index in [0.29, 0.717) is 34.5 Å². The van der Waals surface area contributed by atoms with Gasteiger partial charge >= 0.3 is 0 Å². The molecule has 0 fully saturated rings. The zero-order chi connectivity index (χ0) is 20.9. The molecule has 9 nitrogen and oxygen atoms in total. The van der Waals surface area contributed by atoms with Crippen molar-refractivity contribution in [1.82, 2.24) is 30.1 Å². The normalized spacial score (nSPS) is 11.0. The number of fused-ring (bicyclic) bond motifs is 1. The van der Waals surface area contributed by atoms with Gasteiger partial charge in [-0.05, 0) is 43.2 Å². The number of aryl methyl sites for hydroxylation is 2. The Morgan fingerprint density at radius 2 is 2.13 bits per heavy atom. The number of ether oxygens (including phenoxy) is 1. The maximum Gasteiger partial charge on any atom is 0.261 e. The molecule has 9 heteroatoms. The number of aromatic nitrogens is 5. The van der Waals surface area contributed by atoms with E-state index in [0.717, 1.165) is 18.4 Å². The number of nitrogens with one attached hydrogen (secondary N) is 1. The summed E-state index contributed by atoms with van der Waals surface area (Å²) >= 11 is 0. The largest absolute Gasteiger partial charge is 0.484 e. The van der Waals surface area contributed by atoms with Crippen molar-refractivity contribution in [2.75, 3.05) is 6.61 Å². The number of amides is 1. The lowest BCUT2D eigenvalue weighted by Crippen LogP contribution is -2.29. The van der Waals surface area contributed by atoms with Crippen molar-refractivity contribution < 1.29 is 14.1 Å². The lowest BCUT2D eigenvalue weighted by atomic mass is 10.2. The van der Waals surface area contributed by atoms with E-state index >= 15 is 0 Å². The van der Waals surface area contributed by atoms with Gasteiger partial charge < -0.3 is 14.6 Å². The van der Waals surface area contributed by atoms with Crippen LogP contribution in [0.5, 0.6) is 5.75 Å². The molecule has 3 aromatic heterocycles. The number of carbonyl (C=O) groups is 1. The van der Waals surface area contributed by atoms with Gasteiger partial charge in [-0.1, -0.05) is 24.2 Å². The third kappa shape index (κ3) is 4.29. The summed E-state index contributed by atoms with van der Waals surface area (Å²) in [7, 11) is 0. The molecule has 0 spiro atoms. The zero-order valence-corrected chi connectivity index (χ0v) is 16.8. The number of nitrogens with zero attached hydrogens (tertiary/aromatic N) is 5. The molecule has 0 bridgehead atoms. The first kappa shape index (κ1) is 19.6. The Hall–Kier alpha value is -3.75. The Labute approximate surface area is 173 Å². The third-order valence-corrected chi connectivity index (χ3v) is 4.48. The second kappa shape index (κ2) is 8.73. The number of benzene rings is 1. The fourth-order valence-electron chi connectivity index (χ4n) is 3.02. The molecule has 154 valence electrons. The predicted molar refractivity (Wildman–Crippen MR) is 109 cm³/mol. The van der Waals surface area contributed by atoms with Gasteiger partial charge in [0.2, 0.25) is 0 Å². The van der Waals surface area contributed by atoms with Gasteiger partial charge in [-0.25, -0.2) is 0 Å². The fraction of sp³-hybridized carbons (Fsp3) is 0.286. The second-order valence-electron chi connectivity index (χ2n) is 6.88. The van der Waals surface area contributed by atoms with Crippen LogP contribution < -0.4 is 10.1 Å². The van der Waals surface area contributed by atoms with E-state index in [2.05, 4.69) is 32.6 Å². The minimum Gasteiger partial charge on any atom is -0.484 e. The summed E-state index contributed by atoms with van der Waals surface area (Å²) in [4.78, 5) is 16.6. The van der Waals surface area contributed by atoms with Crippen LogP contribution in [0, 0.1) is 6.92 Å². The number of hydrogen-bond acceptors (Lipinski definition) is 7. The molecular formula is C21H22N6O3. The molecule has 0 aliphatic rings. The summed E-state index contributed by atoms with van der Waals surface area (Å²) in [5.41, 5.74) is 2.35. The average molecular weight is 406 g/mol. The monoisotopic (exact) mass is 406 g/mol. The zero-order valence-electron chi connectivity index (χ0n) is 16.8. The van der Waals surface area contributed by atoms with E-state index in [4.69, 9.17) is 9.26 Å². The summed E-state index contributed by atoms with van der Waals surface area (Å²) in [5, 5.41) is 15.2. The Bertz CT molecular complexity index is 1170. The van der Waals surface area contributed by atoms with Gasteiger partial charge in [-0.3, -0.25) is 9.20 Å². The van der Waals surface area contributed by atoms with Crippen LogP contribution in [-0.4, -0.2) is 37.3 Å². The van der Waals surface area contributed by atoms with Crippen LogP contribution in [0.4, 0.5) is 0 Å². The van der Waals surface area contributed by atoms with Gasteiger partial charge in [0.15, 0.2) is 23.9 Å². The molecule has 0 saturated carbocycles. The second-order valence-corrected chi connectivity index (χ2v) is 6.88. The van der Waals surface area contributed by atoms with Crippen LogP contribution in [0.3, 0.4) is 0 Å². The highest BCUT2D eigenvalue weighted by atomic mass is 16.5. The van der Waals surface area contributed by atoms with Crippen LogP contribution in [-0.2, 0) is 17.8 Å². The predicted octanol–water partition coefficient (Wildman–Crippen LogP) is 2.74. The Morgan fingerprint density at radius 3 is 2.97 bits per heavy atom. The molecular weight excluding hydrogens is 384 g/mol. The van der Waals surface area contributed by atoms with Gasteiger partial charge in [0, 0.05) is 12.6 Å². The van der Waals surface area contributed by atoms with Gasteiger partial charge in [0.05, 0.1) is 12.1 Å². The highest BCUT2D eigenvalue weighted by molar-refractivity contribution is 5.77. The van der Waals surface area contributed by atoms with Crippen molar-refractivity contribution in [3.63, 3.8) is 0 Å². The van der Waals surface area contributed by atoms with Crippen molar-refractivity contribution in [3.05, 3.63) is 59.8 Å². The molecule has 4 aromatic rings. The van der Waals surface area contributed by atoms with Gasteiger partial charge in [0.1, 0.15) is 5.75 Å². The molecule has 1 aromatic carbocycles. The first-order valence-electron chi connectivity index (χ1n) is 9.76. The van der Waals surface area contributed by atoms with Gasteiger partial charge in [0.25, 0.3) is 11.8 Å². The summed E-state index contributed by atoms with van der Waals surface area (Å²) < 4.78 is 12.7. The van der Waals surface area contributed by atoms with Crippen LogP contribution in [0.15, 0.2) is 47.1 Å². The molecule has 0 aliphatic heterocycles. The molecule has 3 heterocycles. The summed E-state index contributed by atoms with van der Waals surface area (Å²) in [6, 6.07) is 11.3. The van der Waals surface area contributed by atoms with Crippen LogP contribution >= 0.6 is 0 Å². The lowest BCUT2D eigenvalue weighted by Gasteiger charge is -2.07. The number of pyridine rings is 1. The maximum absolute atomic E-state index is 12.2. The van der Waals surface area contributed by atoms with Crippen molar-refractivity contribution in [2.24, 2.45) is 0 Å². The standard InChI is InChI=1S/C21H22N6O3/c1-3-6-17-23-21(30-26-17)16-9-5-10-27-18(24-25-20(16)27)12-22-19(28)13-29-15-8-4-7-14(2)11-15/h4-5,7-11H,3,6,12-13H2,1-2H3,(H,22,28). The molecule has 0 unspecified atom stereocenters. The molecule has 4 rings (SSSR count). The number of rotatable bonds is 8. The van der Waals surface area contributed by atoms with E-state index in [-0.39, 0.29) is 19.1 Å².